The van der Waals surface area contributed by atoms with Crippen molar-refractivity contribution in [1.29, 1.82) is 0 Å². The third-order valence-electron chi connectivity index (χ3n) is 3.72. The Morgan fingerprint density at radius 1 is 1.50 bits per heavy atom. The zero-order valence-electron chi connectivity index (χ0n) is 12.2. The highest BCUT2D eigenvalue weighted by Crippen LogP contribution is 2.41. The van der Waals surface area contributed by atoms with Crippen molar-refractivity contribution in [2.24, 2.45) is 0 Å². The van der Waals surface area contributed by atoms with Crippen molar-refractivity contribution in [3.63, 3.8) is 0 Å². The number of aromatic nitrogens is 2. The molecule has 1 aliphatic carbocycles. The topological polar surface area (TPSA) is 38.1 Å². The monoisotopic (exact) mass is 283 g/mol. The summed E-state index contributed by atoms with van der Waals surface area (Å²) in [6.45, 7) is 2.57. The molecule has 6 heteroatoms. The summed E-state index contributed by atoms with van der Waals surface area (Å²) in [7, 11) is 3.71. The van der Waals surface area contributed by atoms with Gasteiger partial charge in [-0.25, -0.2) is 4.68 Å². The first-order valence-electron chi connectivity index (χ1n) is 6.50. The fourth-order valence-corrected chi connectivity index (χ4v) is 2.50. The minimum absolute atomic E-state index is 0.00910. The second kappa shape index (κ2) is 4.68. The van der Waals surface area contributed by atoms with E-state index in [1.807, 2.05) is 19.0 Å². The molecule has 0 N–H and O–H groups in total. The number of ketones is 1. The summed E-state index contributed by atoms with van der Waals surface area (Å²) in [4.78, 5) is 14.3. The number of hydrogen-bond acceptors (Lipinski definition) is 3. The molecule has 0 bridgehead atoms. The lowest BCUT2D eigenvalue weighted by Gasteiger charge is -2.20. The largest absolute Gasteiger partial charge is 0.383 e. The molecule has 0 radical (unpaired) electrons. The Morgan fingerprint density at radius 2 is 2.15 bits per heavy atom. The Morgan fingerprint density at radius 3 is 2.65 bits per heavy atom. The van der Waals surface area contributed by atoms with Crippen LogP contribution in [0.25, 0.3) is 0 Å². The molecule has 1 atom stereocenters. The number of hydrogen-bond donors (Lipinski definition) is 0. The van der Waals surface area contributed by atoms with Crippen LogP contribution >= 0.6 is 0 Å². The highest BCUT2D eigenvalue weighted by atomic mass is 19.3. The van der Waals surface area contributed by atoms with Gasteiger partial charge in [-0.3, -0.25) is 4.79 Å². The van der Waals surface area contributed by atoms with Gasteiger partial charge in [0.1, 0.15) is 0 Å². The van der Waals surface area contributed by atoms with Crippen molar-refractivity contribution in [1.82, 2.24) is 14.7 Å². The van der Waals surface area contributed by atoms with Crippen LogP contribution in [0.3, 0.4) is 0 Å². The molecule has 20 heavy (non-hydrogen) atoms. The zero-order valence-corrected chi connectivity index (χ0v) is 12.2. The van der Waals surface area contributed by atoms with Crippen LogP contribution in [-0.2, 0) is 16.3 Å². The minimum atomic E-state index is -3.06. The van der Waals surface area contributed by atoms with Crippen LogP contribution < -0.4 is 0 Å². The first-order valence-corrected chi connectivity index (χ1v) is 6.50. The molecule has 1 aliphatic rings. The van der Waals surface area contributed by atoms with E-state index in [9.17, 15) is 13.6 Å². The molecule has 1 heterocycles. The summed E-state index contributed by atoms with van der Waals surface area (Å²) in [6, 6.07) is -3.06. The van der Waals surface area contributed by atoms with Crippen LogP contribution in [0.4, 0.5) is 8.78 Å². The molecular formula is C14H19F2N3O. The highest BCUT2D eigenvalue weighted by Gasteiger charge is 2.43. The van der Waals surface area contributed by atoms with Crippen molar-refractivity contribution >= 4 is 5.78 Å². The average molecular weight is 283 g/mol. The van der Waals surface area contributed by atoms with Gasteiger partial charge >= 0.3 is 6.05 Å². The second-order valence-corrected chi connectivity index (χ2v) is 5.79. The second-order valence-electron chi connectivity index (χ2n) is 5.79. The van der Waals surface area contributed by atoms with Crippen molar-refractivity contribution < 1.29 is 13.6 Å². The summed E-state index contributed by atoms with van der Waals surface area (Å²) in [5, 5.41) is 3.68. The Labute approximate surface area is 117 Å². The van der Waals surface area contributed by atoms with Gasteiger partial charge in [0.05, 0.1) is 11.6 Å². The van der Waals surface area contributed by atoms with Crippen LogP contribution in [0.15, 0.2) is 24.2 Å². The number of halogens is 2. The zero-order chi connectivity index (χ0) is 15.1. The molecule has 2 rings (SSSR count). The molecule has 1 aromatic rings. The van der Waals surface area contributed by atoms with Gasteiger partial charge in [0.2, 0.25) is 0 Å². The molecule has 1 fully saturated rings. The average Bonchev–Trinajstić information content (AvgIpc) is 2.90. The maximum Gasteiger partial charge on any atom is 0.340 e. The van der Waals surface area contributed by atoms with Crippen LogP contribution in [0.1, 0.15) is 32.3 Å². The maximum absolute atomic E-state index is 13.2. The summed E-state index contributed by atoms with van der Waals surface area (Å²) in [5.74, 6) is -0.00910. The summed E-state index contributed by atoms with van der Waals surface area (Å²) < 4.78 is 27.1. The molecule has 0 spiro atoms. The van der Waals surface area contributed by atoms with Gasteiger partial charge in [-0.15, -0.1) is 0 Å². The van der Waals surface area contributed by atoms with Gasteiger partial charge in [-0.05, 0) is 19.8 Å². The molecule has 1 saturated carbocycles. The summed E-state index contributed by atoms with van der Waals surface area (Å²) in [5.41, 5.74) is 0.519. The SMILES string of the molecule is CN(C)C=C1CCC(C)(c2cnn(C(C)(F)F)c2)C1=O. The lowest BCUT2D eigenvalue weighted by molar-refractivity contribution is -0.119. The van der Waals surface area contributed by atoms with Gasteiger partial charge in [-0.1, -0.05) is 0 Å². The summed E-state index contributed by atoms with van der Waals surface area (Å²) in [6.07, 6.45) is 5.71. The molecule has 110 valence electrons. The fourth-order valence-electron chi connectivity index (χ4n) is 2.50. The van der Waals surface area contributed by atoms with Gasteiger partial charge in [0, 0.05) is 44.6 Å². The van der Waals surface area contributed by atoms with Crippen molar-refractivity contribution in [2.45, 2.75) is 38.2 Å². The molecule has 1 aromatic heterocycles. The van der Waals surface area contributed by atoms with E-state index in [4.69, 9.17) is 0 Å². The lowest BCUT2D eigenvalue weighted by Crippen LogP contribution is -2.27. The Balaban J connectivity index is 2.33. The lowest BCUT2D eigenvalue weighted by atomic mass is 9.81. The van der Waals surface area contributed by atoms with Crippen molar-refractivity contribution in [3.05, 3.63) is 29.7 Å². The molecule has 0 aromatic carbocycles. The van der Waals surface area contributed by atoms with Crippen LogP contribution in [0.5, 0.6) is 0 Å². The van der Waals surface area contributed by atoms with E-state index < -0.39 is 11.5 Å². The number of alkyl halides is 2. The molecule has 4 nitrogen and oxygen atoms in total. The fraction of sp³-hybridized carbons (Fsp3) is 0.571. The van der Waals surface area contributed by atoms with E-state index in [1.54, 1.807) is 13.1 Å². The maximum atomic E-state index is 13.2. The van der Waals surface area contributed by atoms with Gasteiger partial charge in [0.25, 0.3) is 0 Å². The molecule has 0 aliphatic heterocycles. The number of carbonyl (C=O) groups excluding carboxylic acids is 1. The smallest absolute Gasteiger partial charge is 0.340 e. The quantitative estimate of drug-likeness (QED) is 0.800. The van der Waals surface area contributed by atoms with Gasteiger partial charge in [-0.2, -0.15) is 13.9 Å². The Hall–Kier alpha value is -1.72. The van der Waals surface area contributed by atoms with Gasteiger partial charge < -0.3 is 4.90 Å². The predicted molar refractivity (Wildman–Crippen MR) is 71.5 cm³/mol. The van der Waals surface area contributed by atoms with E-state index in [2.05, 4.69) is 5.10 Å². The van der Waals surface area contributed by atoms with E-state index in [0.717, 1.165) is 12.5 Å². The van der Waals surface area contributed by atoms with E-state index in [-0.39, 0.29) is 5.78 Å². The van der Waals surface area contributed by atoms with E-state index >= 15 is 0 Å². The first kappa shape index (κ1) is 14.7. The molecule has 1 unspecified atom stereocenters. The van der Waals surface area contributed by atoms with E-state index in [0.29, 0.717) is 23.1 Å². The van der Waals surface area contributed by atoms with E-state index in [1.165, 1.54) is 12.4 Å². The number of Topliss-reactive ketones (excluding diaryl/α,β-unsaturated/α-hetero) is 1. The predicted octanol–water partition coefficient (Wildman–Crippen LogP) is 2.52. The van der Waals surface area contributed by atoms with Crippen LogP contribution in [0.2, 0.25) is 0 Å². The third-order valence-corrected chi connectivity index (χ3v) is 3.72. The molecule has 0 saturated heterocycles. The highest BCUT2D eigenvalue weighted by molar-refractivity contribution is 6.05. The standard InChI is InChI=1S/C14H19F2N3O/c1-13(6-5-10(12(13)20)8-18(3)4)11-7-17-19(9-11)14(2,15)16/h7-9H,5-6H2,1-4H3. The number of allylic oxidation sites excluding steroid dienone is 1. The van der Waals surface area contributed by atoms with Crippen molar-refractivity contribution in [3.8, 4) is 0 Å². The number of carbonyl (C=O) groups is 1. The first-order chi connectivity index (χ1) is 9.14. The van der Waals surface area contributed by atoms with Crippen LogP contribution in [-0.4, -0.2) is 34.6 Å². The number of rotatable bonds is 3. The third kappa shape index (κ3) is 2.46. The van der Waals surface area contributed by atoms with Crippen molar-refractivity contribution in [2.75, 3.05) is 14.1 Å². The number of nitrogens with zero attached hydrogens (tertiary/aromatic N) is 3. The minimum Gasteiger partial charge on any atom is -0.383 e. The Bertz CT molecular complexity index is 557. The summed E-state index contributed by atoms with van der Waals surface area (Å²) >= 11 is 0. The molecule has 0 amide bonds. The van der Waals surface area contributed by atoms with Gasteiger partial charge in [0.15, 0.2) is 5.78 Å². The normalized spacial score (nSPS) is 25.5. The van der Waals surface area contributed by atoms with Crippen LogP contribution in [0, 0.1) is 0 Å². The Kier molecular flexibility index (Phi) is 3.44. The molecular weight excluding hydrogens is 264 g/mol.